The number of ether oxygens (including phenoxy) is 1. The van der Waals surface area contributed by atoms with E-state index in [9.17, 15) is 14.4 Å². The predicted octanol–water partition coefficient (Wildman–Crippen LogP) is 2.62. The number of hydrogen-bond acceptors (Lipinski definition) is 5. The van der Waals surface area contributed by atoms with Gasteiger partial charge in [-0.3, -0.25) is 14.2 Å². The molecule has 7 nitrogen and oxygen atoms in total. The third kappa shape index (κ3) is 3.59. The number of benzene rings is 2. The zero-order chi connectivity index (χ0) is 20.5. The molecule has 0 unspecified atom stereocenters. The summed E-state index contributed by atoms with van der Waals surface area (Å²) in [7, 11) is 1.70. The van der Waals surface area contributed by atoms with Crippen molar-refractivity contribution in [2.45, 2.75) is 26.0 Å². The highest BCUT2D eigenvalue weighted by atomic mass is 16.5. The first-order valence-corrected chi connectivity index (χ1v) is 9.29. The van der Waals surface area contributed by atoms with Crippen molar-refractivity contribution in [1.82, 2.24) is 9.13 Å². The second-order valence-corrected chi connectivity index (χ2v) is 7.01. The van der Waals surface area contributed by atoms with Crippen LogP contribution in [-0.2, 0) is 29.5 Å². The fourth-order valence-corrected chi connectivity index (χ4v) is 3.53. The molecule has 2 heterocycles. The van der Waals surface area contributed by atoms with Crippen molar-refractivity contribution in [3.8, 4) is 0 Å². The average Bonchev–Trinajstić information content (AvgIpc) is 3.01. The van der Waals surface area contributed by atoms with E-state index in [0.29, 0.717) is 16.7 Å². The number of fused-ring (bicyclic) bond motifs is 2. The number of esters is 1. The van der Waals surface area contributed by atoms with Gasteiger partial charge in [-0.2, -0.15) is 0 Å². The molecule has 0 amide bonds. The number of aromatic nitrogens is 2. The van der Waals surface area contributed by atoms with Crippen LogP contribution in [0, 0.1) is 0 Å². The van der Waals surface area contributed by atoms with Gasteiger partial charge in [0, 0.05) is 18.5 Å². The van der Waals surface area contributed by atoms with E-state index in [0.717, 1.165) is 10.9 Å². The summed E-state index contributed by atoms with van der Waals surface area (Å²) in [5, 5.41) is 0.830. The van der Waals surface area contributed by atoms with E-state index in [1.807, 2.05) is 30.3 Å². The van der Waals surface area contributed by atoms with Gasteiger partial charge in [-0.1, -0.05) is 30.3 Å². The molecular weight excluding hydrogens is 372 g/mol. The quantitative estimate of drug-likeness (QED) is 0.488. The number of oxazole rings is 1. The Hall–Kier alpha value is -3.61. The van der Waals surface area contributed by atoms with Crippen LogP contribution in [0.15, 0.2) is 68.6 Å². The van der Waals surface area contributed by atoms with E-state index in [2.05, 4.69) is 0 Å². The van der Waals surface area contributed by atoms with Crippen LogP contribution in [0.4, 0.5) is 0 Å². The molecule has 29 heavy (non-hydrogen) atoms. The number of pyridine rings is 1. The highest BCUT2D eigenvalue weighted by Crippen LogP contribution is 2.18. The van der Waals surface area contributed by atoms with Crippen molar-refractivity contribution < 1.29 is 13.9 Å². The van der Waals surface area contributed by atoms with Crippen molar-refractivity contribution in [1.29, 1.82) is 0 Å². The first kappa shape index (κ1) is 18.7. The monoisotopic (exact) mass is 392 g/mol. The van der Waals surface area contributed by atoms with E-state index < -0.39 is 17.8 Å². The van der Waals surface area contributed by atoms with Gasteiger partial charge in [-0.25, -0.2) is 4.79 Å². The van der Waals surface area contributed by atoms with Gasteiger partial charge in [0.2, 0.25) is 0 Å². The van der Waals surface area contributed by atoms with E-state index in [-0.39, 0.29) is 18.5 Å². The minimum atomic E-state index is -0.543. The minimum absolute atomic E-state index is 0.0258. The fourth-order valence-electron chi connectivity index (χ4n) is 3.53. The smallest absolute Gasteiger partial charge is 0.420 e. The van der Waals surface area contributed by atoms with Gasteiger partial charge in [0.15, 0.2) is 5.58 Å². The van der Waals surface area contributed by atoms with Gasteiger partial charge in [0.1, 0.15) is 6.10 Å². The number of rotatable bonds is 5. The highest BCUT2D eigenvalue weighted by molar-refractivity contribution is 5.86. The second-order valence-electron chi connectivity index (χ2n) is 7.01. The lowest BCUT2D eigenvalue weighted by atomic mass is 10.1. The first-order valence-electron chi connectivity index (χ1n) is 9.29. The first-order chi connectivity index (χ1) is 13.9. The average molecular weight is 392 g/mol. The van der Waals surface area contributed by atoms with Gasteiger partial charge in [-0.15, -0.1) is 0 Å². The molecule has 7 heteroatoms. The molecule has 0 spiro atoms. The molecule has 0 saturated carbocycles. The Labute approximate surface area is 165 Å². The number of para-hydroxylation sites is 3. The van der Waals surface area contributed by atoms with Crippen LogP contribution in [0.2, 0.25) is 0 Å². The summed E-state index contributed by atoms with van der Waals surface area (Å²) in [5.74, 6) is -0.955. The van der Waals surface area contributed by atoms with Gasteiger partial charge in [-0.05, 0) is 30.7 Å². The molecular formula is C22H20N2O5. The molecule has 0 aliphatic carbocycles. The van der Waals surface area contributed by atoms with Crippen molar-refractivity contribution in [3.05, 3.63) is 81.1 Å². The molecule has 4 rings (SSSR count). The lowest BCUT2D eigenvalue weighted by Gasteiger charge is -2.15. The topological polar surface area (TPSA) is 83.4 Å². The third-order valence-corrected chi connectivity index (χ3v) is 4.92. The molecule has 0 N–H and O–H groups in total. The molecule has 2 aromatic heterocycles. The number of carbonyl (C=O) groups is 1. The summed E-state index contributed by atoms with van der Waals surface area (Å²) in [6, 6.07) is 16.0. The molecule has 148 valence electrons. The van der Waals surface area contributed by atoms with Crippen LogP contribution in [0.25, 0.3) is 22.0 Å². The second kappa shape index (κ2) is 7.43. The largest absolute Gasteiger partial charge is 0.461 e. The molecule has 0 aliphatic rings. The van der Waals surface area contributed by atoms with E-state index in [1.165, 1.54) is 10.6 Å². The summed E-state index contributed by atoms with van der Waals surface area (Å²) < 4.78 is 13.7. The van der Waals surface area contributed by atoms with Crippen LogP contribution < -0.4 is 11.3 Å². The number of hydrogen-bond donors (Lipinski definition) is 0. The fraction of sp³-hybridized carbons (Fsp3) is 0.227. The van der Waals surface area contributed by atoms with Crippen LogP contribution >= 0.6 is 0 Å². The number of carbonyl (C=O) groups excluding carboxylic acids is 1. The molecule has 0 aliphatic heterocycles. The summed E-state index contributed by atoms with van der Waals surface area (Å²) >= 11 is 0. The molecule has 4 aromatic rings. The Morgan fingerprint density at radius 1 is 1.07 bits per heavy atom. The van der Waals surface area contributed by atoms with Crippen molar-refractivity contribution in [2.24, 2.45) is 7.05 Å². The predicted molar refractivity (Wildman–Crippen MR) is 109 cm³/mol. The van der Waals surface area contributed by atoms with Crippen molar-refractivity contribution in [3.63, 3.8) is 0 Å². The Balaban J connectivity index is 1.52. The maximum Gasteiger partial charge on any atom is 0.420 e. The molecule has 0 fully saturated rings. The molecule has 0 radical (unpaired) electrons. The molecule has 0 bridgehead atoms. The van der Waals surface area contributed by atoms with Crippen molar-refractivity contribution in [2.75, 3.05) is 0 Å². The van der Waals surface area contributed by atoms with Gasteiger partial charge in [0.25, 0.3) is 5.56 Å². The van der Waals surface area contributed by atoms with Crippen LogP contribution in [0.3, 0.4) is 0 Å². The zero-order valence-corrected chi connectivity index (χ0v) is 16.1. The molecule has 2 aromatic carbocycles. The SMILES string of the molecule is C[C@@H](Cn1c(=O)oc2ccccc21)OC(=O)Cc1cc(=O)n(C)c2ccccc12. The standard InChI is InChI=1S/C22H20N2O5/c1-14(13-24-18-9-5-6-10-19(18)29-22(24)27)28-21(26)12-15-11-20(25)23(2)17-8-4-3-7-16(15)17/h3-11,14H,12-13H2,1-2H3/t14-/m0/s1. The van der Waals surface area contributed by atoms with E-state index in [1.54, 1.807) is 36.7 Å². The molecule has 0 saturated heterocycles. The number of aryl methyl sites for hydroxylation is 1. The third-order valence-electron chi connectivity index (χ3n) is 4.92. The number of nitrogens with zero attached hydrogens (tertiary/aromatic N) is 2. The lowest BCUT2D eigenvalue weighted by Crippen LogP contribution is -2.26. The Bertz CT molecular complexity index is 1330. The minimum Gasteiger partial charge on any atom is -0.461 e. The van der Waals surface area contributed by atoms with Gasteiger partial charge >= 0.3 is 11.7 Å². The zero-order valence-electron chi connectivity index (χ0n) is 16.1. The normalized spacial score (nSPS) is 12.3. The molecule has 1 atom stereocenters. The Morgan fingerprint density at radius 3 is 2.55 bits per heavy atom. The summed E-state index contributed by atoms with van der Waals surface area (Å²) in [6.07, 6.45) is -0.568. The van der Waals surface area contributed by atoms with Crippen molar-refractivity contribution >= 4 is 28.0 Å². The van der Waals surface area contributed by atoms with Gasteiger partial charge < -0.3 is 13.7 Å². The van der Waals surface area contributed by atoms with Crippen LogP contribution in [0.1, 0.15) is 12.5 Å². The summed E-state index contributed by atoms with van der Waals surface area (Å²) in [6.45, 7) is 1.90. The lowest BCUT2D eigenvalue weighted by molar-refractivity contribution is -0.147. The van der Waals surface area contributed by atoms with Gasteiger partial charge in [0.05, 0.1) is 24.0 Å². The summed E-state index contributed by atoms with van der Waals surface area (Å²) in [5.41, 5.74) is 2.33. The maximum atomic E-state index is 12.5. The highest BCUT2D eigenvalue weighted by Gasteiger charge is 2.17. The Kier molecular flexibility index (Phi) is 4.80. The van der Waals surface area contributed by atoms with E-state index >= 15 is 0 Å². The van der Waals surface area contributed by atoms with Crippen LogP contribution in [-0.4, -0.2) is 21.2 Å². The summed E-state index contributed by atoms with van der Waals surface area (Å²) in [4.78, 5) is 36.8. The maximum absolute atomic E-state index is 12.5. The Morgan fingerprint density at radius 2 is 1.76 bits per heavy atom. The van der Waals surface area contributed by atoms with E-state index in [4.69, 9.17) is 9.15 Å². The van der Waals surface area contributed by atoms with Crippen LogP contribution in [0.5, 0.6) is 0 Å².